The van der Waals surface area contributed by atoms with E-state index in [0.29, 0.717) is 15.6 Å². The van der Waals surface area contributed by atoms with Gasteiger partial charge in [0.05, 0.1) is 27.7 Å². The Morgan fingerprint density at radius 3 is 2.92 bits per heavy atom. The van der Waals surface area contributed by atoms with Gasteiger partial charge in [-0.25, -0.2) is 9.97 Å². The number of hydrogen-bond donors (Lipinski definition) is 1. The highest BCUT2D eigenvalue weighted by atomic mass is 35.5. The fourth-order valence-corrected chi connectivity index (χ4v) is 3.71. The van der Waals surface area contributed by atoms with E-state index in [1.165, 1.54) is 11.3 Å². The predicted molar refractivity (Wildman–Crippen MR) is 97.4 cm³/mol. The second-order valence-corrected chi connectivity index (χ2v) is 6.85. The van der Waals surface area contributed by atoms with Crippen molar-refractivity contribution in [2.45, 2.75) is 26.7 Å². The number of halogens is 1. The smallest absolute Gasteiger partial charge is 0.267 e. The minimum atomic E-state index is -0.154. The molecule has 0 saturated carbocycles. The summed E-state index contributed by atoms with van der Waals surface area (Å²) in [5, 5.41) is 4.42. The first-order chi connectivity index (χ1) is 11.6. The summed E-state index contributed by atoms with van der Waals surface area (Å²) in [5.41, 5.74) is 2.23. The molecule has 0 fully saturated rings. The summed E-state index contributed by atoms with van der Waals surface area (Å²) < 4.78 is 1.82. The van der Waals surface area contributed by atoms with Crippen LogP contribution in [0.5, 0.6) is 0 Å². The number of aromatic nitrogens is 3. The standard InChI is InChI=1S/C17H17ClN4OS/c1-3-4-15-20-11(2)16(24-15)17(23)21-12-5-6-14(13(18)9-12)22-8-7-19-10-22/h5-10H,3-4H2,1-2H3,(H,21,23). The van der Waals surface area contributed by atoms with Crippen molar-refractivity contribution >= 4 is 34.5 Å². The zero-order valence-corrected chi connectivity index (χ0v) is 15.0. The molecule has 1 aromatic carbocycles. The number of hydrogen-bond acceptors (Lipinski definition) is 4. The molecule has 0 radical (unpaired) electrons. The maximum Gasteiger partial charge on any atom is 0.267 e. The Kier molecular flexibility index (Phi) is 4.97. The van der Waals surface area contributed by atoms with Gasteiger partial charge < -0.3 is 9.88 Å². The summed E-state index contributed by atoms with van der Waals surface area (Å²) >= 11 is 7.77. The Morgan fingerprint density at radius 2 is 2.25 bits per heavy atom. The molecule has 0 aliphatic rings. The second kappa shape index (κ2) is 7.15. The maximum absolute atomic E-state index is 12.5. The van der Waals surface area contributed by atoms with Gasteiger partial charge in [-0.15, -0.1) is 11.3 Å². The van der Waals surface area contributed by atoms with E-state index >= 15 is 0 Å². The molecule has 5 nitrogen and oxygen atoms in total. The van der Waals surface area contributed by atoms with Crippen molar-refractivity contribution in [3.63, 3.8) is 0 Å². The zero-order valence-electron chi connectivity index (χ0n) is 13.4. The highest BCUT2D eigenvalue weighted by Gasteiger charge is 2.15. The number of rotatable bonds is 5. The molecule has 24 heavy (non-hydrogen) atoms. The molecule has 2 aromatic heterocycles. The number of amides is 1. The topological polar surface area (TPSA) is 59.8 Å². The van der Waals surface area contributed by atoms with Crippen LogP contribution in [0.1, 0.15) is 33.7 Å². The normalized spacial score (nSPS) is 10.8. The third-order valence-electron chi connectivity index (χ3n) is 3.50. The number of thiazole rings is 1. The lowest BCUT2D eigenvalue weighted by Crippen LogP contribution is -2.11. The molecule has 7 heteroatoms. The molecule has 3 rings (SSSR count). The number of benzene rings is 1. The first-order valence-corrected chi connectivity index (χ1v) is 8.83. The van der Waals surface area contributed by atoms with Crippen molar-refractivity contribution in [1.29, 1.82) is 0 Å². The molecule has 0 bridgehead atoms. The Bertz CT molecular complexity index is 858. The Labute approximate surface area is 149 Å². The van der Waals surface area contributed by atoms with Gasteiger partial charge in [-0.2, -0.15) is 0 Å². The average molecular weight is 361 g/mol. The van der Waals surface area contributed by atoms with E-state index in [1.54, 1.807) is 18.6 Å². The van der Waals surface area contributed by atoms with Crippen LogP contribution < -0.4 is 5.32 Å². The van der Waals surface area contributed by atoms with Gasteiger partial charge in [-0.05, 0) is 38.0 Å². The summed E-state index contributed by atoms with van der Waals surface area (Å²) in [6.45, 7) is 3.96. The fraction of sp³-hybridized carbons (Fsp3) is 0.235. The number of carbonyl (C=O) groups is 1. The van der Waals surface area contributed by atoms with Crippen LogP contribution in [-0.2, 0) is 6.42 Å². The summed E-state index contributed by atoms with van der Waals surface area (Å²) in [5.74, 6) is -0.154. The van der Waals surface area contributed by atoms with E-state index in [0.717, 1.165) is 29.2 Å². The van der Waals surface area contributed by atoms with Crippen molar-refractivity contribution in [3.8, 4) is 5.69 Å². The number of nitrogens with one attached hydrogen (secondary N) is 1. The molecule has 1 amide bonds. The van der Waals surface area contributed by atoms with E-state index in [4.69, 9.17) is 11.6 Å². The van der Waals surface area contributed by atoms with Crippen LogP contribution in [0.25, 0.3) is 5.69 Å². The minimum Gasteiger partial charge on any atom is -0.321 e. The van der Waals surface area contributed by atoms with Crippen LogP contribution in [-0.4, -0.2) is 20.4 Å². The molecule has 0 aliphatic carbocycles. The van der Waals surface area contributed by atoms with Crippen molar-refractivity contribution in [3.05, 3.63) is 57.5 Å². The number of anilines is 1. The van der Waals surface area contributed by atoms with Gasteiger partial charge in [0.2, 0.25) is 0 Å². The minimum absolute atomic E-state index is 0.154. The molecule has 0 unspecified atom stereocenters. The van der Waals surface area contributed by atoms with Crippen LogP contribution in [0.4, 0.5) is 5.69 Å². The van der Waals surface area contributed by atoms with E-state index in [1.807, 2.05) is 29.8 Å². The zero-order chi connectivity index (χ0) is 17.1. The van der Waals surface area contributed by atoms with Gasteiger partial charge in [0.15, 0.2) is 0 Å². The van der Waals surface area contributed by atoms with Gasteiger partial charge in [0.1, 0.15) is 4.88 Å². The summed E-state index contributed by atoms with van der Waals surface area (Å²) in [7, 11) is 0. The van der Waals surface area contributed by atoms with Crippen LogP contribution in [0.2, 0.25) is 5.02 Å². The molecule has 2 heterocycles. The molecule has 0 aliphatic heterocycles. The van der Waals surface area contributed by atoms with E-state index in [9.17, 15) is 4.79 Å². The fourth-order valence-electron chi connectivity index (χ4n) is 2.37. The van der Waals surface area contributed by atoms with Crippen LogP contribution in [0.3, 0.4) is 0 Å². The molecule has 1 N–H and O–H groups in total. The summed E-state index contributed by atoms with van der Waals surface area (Å²) in [4.78, 5) is 21.6. The lowest BCUT2D eigenvalue weighted by Gasteiger charge is -2.09. The Morgan fingerprint density at radius 1 is 1.42 bits per heavy atom. The van der Waals surface area contributed by atoms with Crippen LogP contribution in [0, 0.1) is 6.92 Å². The van der Waals surface area contributed by atoms with Crippen LogP contribution >= 0.6 is 22.9 Å². The third-order valence-corrected chi connectivity index (χ3v) is 5.02. The summed E-state index contributed by atoms with van der Waals surface area (Å²) in [6, 6.07) is 5.40. The average Bonchev–Trinajstić information content (AvgIpc) is 3.17. The second-order valence-electron chi connectivity index (χ2n) is 5.36. The highest BCUT2D eigenvalue weighted by Crippen LogP contribution is 2.26. The molecule has 124 valence electrons. The number of imidazole rings is 1. The number of aryl methyl sites for hydroxylation is 2. The lowest BCUT2D eigenvalue weighted by molar-refractivity contribution is 0.103. The first kappa shape index (κ1) is 16.7. The van der Waals surface area contributed by atoms with E-state index < -0.39 is 0 Å². The van der Waals surface area contributed by atoms with Gasteiger partial charge in [-0.1, -0.05) is 18.5 Å². The quantitative estimate of drug-likeness (QED) is 0.729. The number of nitrogens with zero attached hydrogens (tertiary/aromatic N) is 3. The molecule has 0 saturated heterocycles. The Balaban J connectivity index is 1.78. The van der Waals surface area contributed by atoms with E-state index in [-0.39, 0.29) is 5.91 Å². The van der Waals surface area contributed by atoms with Gasteiger partial charge >= 0.3 is 0 Å². The summed E-state index contributed by atoms with van der Waals surface area (Å²) in [6.07, 6.45) is 7.08. The van der Waals surface area contributed by atoms with Crippen molar-refractivity contribution in [2.24, 2.45) is 0 Å². The van der Waals surface area contributed by atoms with Crippen molar-refractivity contribution in [2.75, 3.05) is 5.32 Å². The first-order valence-electron chi connectivity index (χ1n) is 7.64. The van der Waals surface area contributed by atoms with Gasteiger partial charge in [-0.3, -0.25) is 4.79 Å². The largest absolute Gasteiger partial charge is 0.321 e. The molecular weight excluding hydrogens is 344 g/mol. The monoisotopic (exact) mass is 360 g/mol. The highest BCUT2D eigenvalue weighted by molar-refractivity contribution is 7.13. The Hall–Kier alpha value is -2.18. The van der Waals surface area contributed by atoms with Gasteiger partial charge in [0.25, 0.3) is 5.91 Å². The molecule has 0 atom stereocenters. The van der Waals surface area contributed by atoms with E-state index in [2.05, 4.69) is 22.2 Å². The molecular formula is C17H17ClN4OS. The lowest BCUT2D eigenvalue weighted by atomic mass is 10.2. The SMILES string of the molecule is CCCc1nc(C)c(C(=O)Nc2ccc(-n3ccnc3)c(Cl)c2)s1. The van der Waals surface area contributed by atoms with Crippen molar-refractivity contribution in [1.82, 2.24) is 14.5 Å². The molecule has 3 aromatic rings. The predicted octanol–water partition coefficient (Wildman–Crippen LogP) is 4.50. The number of carbonyl (C=O) groups excluding carboxylic acids is 1. The molecule has 0 spiro atoms. The third kappa shape index (κ3) is 3.49. The van der Waals surface area contributed by atoms with Crippen LogP contribution in [0.15, 0.2) is 36.9 Å². The maximum atomic E-state index is 12.5. The van der Waals surface area contributed by atoms with Gasteiger partial charge in [0, 0.05) is 18.1 Å². The van der Waals surface area contributed by atoms with Crippen molar-refractivity contribution < 1.29 is 4.79 Å².